The second-order valence-electron chi connectivity index (χ2n) is 8.89. The van der Waals surface area contributed by atoms with Crippen molar-refractivity contribution in [1.82, 2.24) is 14.7 Å². The summed E-state index contributed by atoms with van der Waals surface area (Å²) in [4.78, 5) is 15.2. The number of carbonyl (C=O) groups excluding carboxylic acids is 1. The highest BCUT2D eigenvalue weighted by Crippen LogP contribution is 2.30. The average Bonchev–Trinajstić information content (AvgIpc) is 3.37. The van der Waals surface area contributed by atoms with Crippen LogP contribution in [0.3, 0.4) is 0 Å². The minimum Gasteiger partial charge on any atom is -0.307 e. The summed E-state index contributed by atoms with van der Waals surface area (Å²) in [5, 5.41) is 7.59. The minimum atomic E-state index is -0.103. The highest BCUT2D eigenvalue weighted by Gasteiger charge is 2.26. The lowest BCUT2D eigenvalue weighted by Gasteiger charge is -2.35. The van der Waals surface area contributed by atoms with Crippen LogP contribution in [-0.2, 0) is 0 Å². The van der Waals surface area contributed by atoms with Crippen LogP contribution in [0, 0.1) is 0 Å². The van der Waals surface area contributed by atoms with Gasteiger partial charge in [0.2, 0.25) is 0 Å². The zero-order valence-corrected chi connectivity index (χ0v) is 19.3. The monoisotopic (exact) mass is 450 g/mol. The highest BCUT2D eigenvalue weighted by atomic mass is 16.1. The maximum Gasteiger partial charge on any atom is 0.256 e. The Morgan fingerprint density at radius 2 is 1.38 bits per heavy atom. The number of likely N-dealkylation sites (tertiary alicyclic amines) is 1. The highest BCUT2D eigenvalue weighted by molar-refractivity contribution is 6.03. The molecule has 0 aliphatic carbocycles. The second kappa shape index (κ2) is 10.5. The third-order valence-corrected chi connectivity index (χ3v) is 6.70. The van der Waals surface area contributed by atoms with E-state index in [4.69, 9.17) is 0 Å². The molecule has 0 bridgehead atoms. The summed E-state index contributed by atoms with van der Waals surface area (Å²) in [5.74, 6) is 1.01. The molecule has 0 spiro atoms. The van der Waals surface area contributed by atoms with Crippen LogP contribution in [0.2, 0.25) is 0 Å². The van der Waals surface area contributed by atoms with E-state index < -0.39 is 0 Å². The third-order valence-electron chi connectivity index (χ3n) is 6.70. The average molecular weight is 451 g/mol. The van der Waals surface area contributed by atoms with Crippen molar-refractivity contribution in [2.45, 2.75) is 24.8 Å². The Kier molecular flexibility index (Phi) is 6.82. The van der Waals surface area contributed by atoms with Crippen LogP contribution in [-0.4, -0.2) is 40.2 Å². The van der Waals surface area contributed by atoms with Crippen LogP contribution < -0.4 is 5.32 Å². The number of piperidine rings is 1. The van der Waals surface area contributed by atoms with Gasteiger partial charge >= 0.3 is 0 Å². The zero-order valence-electron chi connectivity index (χ0n) is 19.3. The molecule has 1 aromatic heterocycles. The lowest BCUT2D eigenvalue weighted by atomic mass is 9.90. The summed E-state index contributed by atoms with van der Waals surface area (Å²) in [7, 11) is 0. The quantitative estimate of drug-likeness (QED) is 0.398. The topological polar surface area (TPSA) is 50.2 Å². The van der Waals surface area contributed by atoms with Gasteiger partial charge in [0.25, 0.3) is 5.91 Å². The van der Waals surface area contributed by atoms with Crippen LogP contribution >= 0.6 is 0 Å². The number of benzene rings is 3. The molecule has 5 heteroatoms. The van der Waals surface area contributed by atoms with Crippen molar-refractivity contribution < 1.29 is 4.79 Å². The van der Waals surface area contributed by atoms with Crippen LogP contribution in [0.5, 0.6) is 0 Å². The zero-order chi connectivity index (χ0) is 23.2. The van der Waals surface area contributed by atoms with E-state index >= 15 is 0 Å². The molecule has 3 aromatic carbocycles. The predicted octanol–water partition coefficient (Wildman–Crippen LogP) is 5.60. The lowest BCUT2D eigenvalue weighted by molar-refractivity contribution is 0.102. The Bertz CT molecular complexity index is 1140. The first-order chi connectivity index (χ1) is 16.8. The van der Waals surface area contributed by atoms with Crippen LogP contribution in [0.1, 0.15) is 46.3 Å². The van der Waals surface area contributed by atoms with Gasteiger partial charge in [-0.25, -0.2) is 4.68 Å². The Labute approximate surface area is 201 Å². The molecule has 5 nitrogen and oxygen atoms in total. The standard InChI is InChI=1S/C29H30N4O/c34-29(25-14-8-3-9-15-25)31-28-16-19-30-33(28)26-17-20-32(21-18-26)22-27(23-10-4-1-5-11-23)24-12-6-2-7-13-24/h1-16,19,26-27H,17-18,20-22H2,(H,31,34). The molecular weight excluding hydrogens is 420 g/mol. The smallest absolute Gasteiger partial charge is 0.256 e. The van der Waals surface area contributed by atoms with Gasteiger partial charge in [-0.1, -0.05) is 78.9 Å². The molecule has 0 unspecified atom stereocenters. The minimum absolute atomic E-state index is 0.103. The first kappa shape index (κ1) is 22.1. The van der Waals surface area contributed by atoms with Crippen molar-refractivity contribution in [2.24, 2.45) is 0 Å². The van der Waals surface area contributed by atoms with Gasteiger partial charge in [-0.2, -0.15) is 5.10 Å². The number of nitrogens with one attached hydrogen (secondary N) is 1. The van der Waals surface area contributed by atoms with Crippen molar-refractivity contribution in [3.05, 3.63) is 120 Å². The van der Waals surface area contributed by atoms with Crippen LogP contribution in [0.15, 0.2) is 103 Å². The normalized spacial score (nSPS) is 14.9. The summed E-state index contributed by atoms with van der Waals surface area (Å²) in [6.45, 7) is 3.01. The van der Waals surface area contributed by atoms with E-state index in [2.05, 4.69) is 76.0 Å². The number of anilines is 1. The molecule has 0 radical (unpaired) electrons. The van der Waals surface area contributed by atoms with Gasteiger partial charge in [-0.15, -0.1) is 0 Å². The molecule has 1 fully saturated rings. The molecule has 1 saturated heterocycles. The number of nitrogens with zero attached hydrogens (tertiary/aromatic N) is 3. The van der Waals surface area contributed by atoms with Gasteiger partial charge < -0.3 is 10.2 Å². The molecule has 0 saturated carbocycles. The van der Waals surface area contributed by atoms with E-state index in [-0.39, 0.29) is 11.9 Å². The third kappa shape index (κ3) is 5.10. The Morgan fingerprint density at radius 1 is 0.824 bits per heavy atom. The lowest BCUT2D eigenvalue weighted by Crippen LogP contribution is -2.38. The van der Waals surface area contributed by atoms with Gasteiger partial charge in [0.15, 0.2) is 0 Å². The number of hydrogen-bond donors (Lipinski definition) is 1. The van der Waals surface area contributed by atoms with E-state index in [0.717, 1.165) is 38.3 Å². The van der Waals surface area contributed by atoms with Gasteiger partial charge in [-0.05, 0) is 36.1 Å². The first-order valence-electron chi connectivity index (χ1n) is 12.0. The summed E-state index contributed by atoms with van der Waals surface area (Å²) in [6, 6.07) is 33.1. The van der Waals surface area contributed by atoms with Crippen LogP contribution in [0.25, 0.3) is 0 Å². The fraction of sp³-hybridized carbons (Fsp3) is 0.241. The molecule has 2 heterocycles. The fourth-order valence-corrected chi connectivity index (χ4v) is 4.86. The van der Waals surface area contributed by atoms with Gasteiger partial charge in [0, 0.05) is 37.2 Å². The van der Waals surface area contributed by atoms with E-state index in [1.165, 1.54) is 11.1 Å². The molecular formula is C29H30N4O. The van der Waals surface area contributed by atoms with Crippen molar-refractivity contribution >= 4 is 11.7 Å². The van der Waals surface area contributed by atoms with E-state index in [1.54, 1.807) is 6.20 Å². The molecule has 1 N–H and O–H groups in total. The van der Waals surface area contributed by atoms with Crippen molar-refractivity contribution in [3.63, 3.8) is 0 Å². The van der Waals surface area contributed by atoms with Gasteiger partial charge in [-0.3, -0.25) is 4.79 Å². The summed E-state index contributed by atoms with van der Waals surface area (Å²) in [5.41, 5.74) is 3.36. The molecule has 172 valence electrons. The van der Waals surface area contributed by atoms with E-state index in [0.29, 0.717) is 11.5 Å². The van der Waals surface area contributed by atoms with Crippen molar-refractivity contribution in [1.29, 1.82) is 0 Å². The van der Waals surface area contributed by atoms with Gasteiger partial charge in [0.1, 0.15) is 5.82 Å². The molecule has 4 aromatic rings. The Balaban J connectivity index is 1.24. The van der Waals surface area contributed by atoms with Gasteiger partial charge in [0.05, 0.1) is 12.2 Å². The molecule has 0 atom stereocenters. The van der Waals surface area contributed by atoms with E-state index in [9.17, 15) is 4.79 Å². The van der Waals surface area contributed by atoms with E-state index in [1.807, 2.05) is 41.1 Å². The number of carbonyl (C=O) groups is 1. The Morgan fingerprint density at radius 3 is 1.97 bits per heavy atom. The maximum absolute atomic E-state index is 12.6. The molecule has 1 amide bonds. The SMILES string of the molecule is O=C(Nc1ccnn1C1CCN(CC(c2ccccc2)c2ccccc2)CC1)c1ccccc1. The molecule has 1 aliphatic rings. The molecule has 1 aliphatic heterocycles. The van der Waals surface area contributed by atoms with Crippen molar-refractivity contribution in [2.75, 3.05) is 25.0 Å². The number of aromatic nitrogens is 2. The summed E-state index contributed by atoms with van der Waals surface area (Å²) in [6.07, 6.45) is 3.78. The predicted molar refractivity (Wildman–Crippen MR) is 136 cm³/mol. The maximum atomic E-state index is 12.6. The number of hydrogen-bond acceptors (Lipinski definition) is 3. The van der Waals surface area contributed by atoms with Crippen molar-refractivity contribution in [3.8, 4) is 0 Å². The first-order valence-corrected chi connectivity index (χ1v) is 12.0. The largest absolute Gasteiger partial charge is 0.307 e. The molecule has 34 heavy (non-hydrogen) atoms. The summed E-state index contributed by atoms with van der Waals surface area (Å²) >= 11 is 0. The number of rotatable bonds is 7. The number of amides is 1. The Hall–Kier alpha value is -3.70. The second-order valence-corrected chi connectivity index (χ2v) is 8.89. The van der Waals surface area contributed by atoms with Crippen LogP contribution in [0.4, 0.5) is 5.82 Å². The molecule has 5 rings (SSSR count). The summed E-state index contributed by atoms with van der Waals surface area (Å²) < 4.78 is 1.99. The fourth-order valence-electron chi connectivity index (χ4n) is 4.86.